The van der Waals surface area contributed by atoms with E-state index in [1.165, 1.54) is 17.0 Å². The van der Waals surface area contributed by atoms with Crippen molar-refractivity contribution in [2.45, 2.75) is 49.2 Å². The van der Waals surface area contributed by atoms with Crippen molar-refractivity contribution in [3.05, 3.63) is 71.5 Å². The van der Waals surface area contributed by atoms with Crippen LogP contribution >= 0.6 is 11.6 Å². The van der Waals surface area contributed by atoms with Gasteiger partial charge in [-0.25, -0.2) is 8.42 Å². The highest BCUT2D eigenvalue weighted by Crippen LogP contribution is 2.24. The molecule has 0 radical (unpaired) electrons. The first-order chi connectivity index (χ1) is 19.1. The number of pyridine rings is 1. The first kappa shape index (κ1) is 28.0. The van der Waals surface area contributed by atoms with Gasteiger partial charge in [0.05, 0.1) is 4.90 Å². The van der Waals surface area contributed by atoms with Crippen molar-refractivity contribution >= 4 is 50.1 Å². The molecule has 0 bridgehead atoms. The number of halogens is 1. The van der Waals surface area contributed by atoms with Crippen molar-refractivity contribution in [3.8, 4) is 0 Å². The number of carbonyl (C=O) groups excluding carboxylic acids is 3. The van der Waals surface area contributed by atoms with Gasteiger partial charge in [0.25, 0.3) is 5.91 Å². The number of benzene rings is 2. The Balaban J connectivity index is 1.20. The van der Waals surface area contributed by atoms with Crippen molar-refractivity contribution in [3.63, 3.8) is 0 Å². The lowest BCUT2D eigenvalue weighted by molar-refractivity contribution is -0.144. The van der Waals surface area contributed by atoms with E-state index in [1.54, 1.807) is 60.5 Å². The molecule has 40 heavy (non-hydrogen) atoms. The van der Waals surface area contributed by atoms with Gasteiger partial charge in [0, 0.05) is 36.9 Å². The topological polar surface area (TPSA) is 129 Å². The molecule has 12 heteroatoms. The highest BCUT2D eigenvalue weighted by molar-refractivity contribution is 7.89. The Morgan fingerprint density at radius 3 is 2.60 bits per heavy atom. The fourth-order valence-corrected chi connectivity index (χ4v) is 6.70. The summed E-state index contributed by atoms with van der Waals surface area (Å²) in [5.41, 5.74) is 0.309. The normalized spacial score (nSPS) is 20.5. The molecule has 5 rings (SSSR count). The molecule has 2 aromatic carbocycles. The van der Waals surface area contributed by atoms with Crippen LogP contribution in [0.3, 0.4) is 0 Å². The minimum Gasteiger partial charge on any atom is -0.346 e. The number of hydrogen-bond donors (Lipinski definition) is 2. The number of aromatic nitrogens is 1. The van der Waals surface area contributed by atoms with Gasteiger partial charge in [0.2, 0.25) is 21.8 Å². The zero-order chi connectivity index (χ0) is 28.4. The molecule has 2 saturated heterocycles. The summed E-state index contributed by atoms with van der Waals surface area (Å²) in [5.74, 6) is -0.969. The summed E-state index contributed by atoms with van der Waals surface area (Å²) in [7, 11) is -3.98. The first-order valence-electron chi connectivity index (χ1n) is 13.2. The second-order valence-corrected chi connectivity index (χ2v) is 12.3. The third-order valence-corrected chi connectivity index (χ3v) is 9.12. The second kappa shape index (κ2) is 11.5. The Hall–Kier alpha value is -3.54. The molecule has 10 nitrogen and oxygen atoms in total. The summed E-state index contributed by atoms with van der Waals surface area (Å²) in [6, 6.07) is 13.0. The highest BCUT2D eigenvalue weighted by Gasteiger charge is 2.40. The summed E-state index contributed by atoms with van der Waals surface area (Å²) < 4.78 is 28.7. The van der Waals surface area contributed by atoms with E-state index in [1.807, 2.05) is 0 Å². The molecule has 0 aliphatic carbocycles. The van der Waals surface area contributed by atoms with Gasteiger partial charge in [-0.2, -0.15) is 4.72 Å². The van der Waals surface area contributed by atoms with Crippen LogP contribution in [0.15, 0.2) is 65.7 Å². The minimum absolute atomic E-state index is 0.0461. The van der Waals surface area contributed by atoms with Gasteiger partial charge in [-0.15, -0.1) is 0 Å². The molecule has 3 amide bonds. The molecule has 2 aliphatic heterocycles. The molecule has 3 aromatic rings. The summed E-state index contributed by atoms with van der Waals surface area (Å²) in [6.07, 6.45) is 3.23. The van der Waals surface area contributed by atoms with Gasteiger partial charge in [-0.1, -0.05) is 29.8 Å². The van der Waals surface area contributed by atoms with Crippen molar-refractivity contribution in [2.75, 3.05) is 19.6 Å². The van der Waals surface area contributed by atoms with Crippen LogP contribution in [0.2, 0.25) is 5.02 Å². The number of nitrogens with one attached hydrogen (secondary N) is 2. The number of likely N-dealkylation sites (tertiary alicyclic amines) is 2. The van der Waals surface area contributed by atoms with Crippen LogP contribution in [0.1, 0.15) is 36.7 Å². The number of nitrogens with zero attached hydrogens (tertiary/aromatic N) is 3. The molecule has 2 fully saturated rings. The van der Waals surface area contributed by atoms with Gasteiger partial charge in [0.1, 0.15) is 17.8 Å². The van der Waals surface area contributed by atoms with Crippen molar-refractivity contribution in [1.82, 2.24) is 24.8 Å². The number of fused-ring (bicyclic) bond motifs is 1. The van der Waals surface area contributed by atoms with Gasteiger partial charge in [-0.05, 0) is 73.4 Å². The lowest BCUT2D eigenvalue weighted by Crippen LogP contribution is -2.55. The van der Waals surface area contributed by atoms with Crippen molar-refractivity contribution in [2.24, 2.45) is 0 Å². The number of piperidine rings is 1. The molecule has 3 atom stereocenters. The molecule has 2 N–H and O–H groups in total. The van der Waals surface area contributed by atoms with E-state index in [9.17, 15) is 22.8 Å². The third kappa shape index (κ3) is 5.96. The Labute approximate surface area is 237 Å². The maximum absolute atomic E-state index is 13.4. The summed E-state index contributed by atoms with van der Waals surface area (Å²) >= 11 is 6.02. The molecule has 3 unspecified atom stereocenters. The van der Waals surface area contributed by atoms with Gasteiger partial charge >= 0.3 is 0 Å². The maximum Gasteiger partial charge on any atom is 0.270 e. The smallest absolute Gasteiger partial charge is 0.270 e. The monoisotopic (exact) mass is 583 g/mol. The Bertz CT molecular complexity index is 1550. The van der Waals surface area contributed by atoms with Crippen LogP contribution in [-0.4, -0.2) is 78.7 Å². The van der Waals surface area contributed by atoms with Crippen LogP contribution in [0.25, 0.3) is 10.8 Å². The maximum atomic E-state index is 13.4. The zero-order valence-electron chi connectivity index (χ0n) is 21.9. The molecule has 3 heterocycles. The van der Waals surface area contributed by atoms with Gasteiger partial charge in [-0.3, -0.25) is 19.4 Å². The van der Waals surface area contributed by atoms with Crippen molar-refractivity contribution in [1.29, 1.82) is 0 Å². The zero-order valence-corrected chi connectivity index (χ0v) is 23.5. The summed E-state index contributed by atoms with van der Waals surface area (Å²) in [6.45, 7) is 2.75. The molecule has 210 valence electrons. The third-order valence-electron chi connectivity index (χ3n) is 7.41. The summed E-state index contributed by atoms with van der Waals surface area (Å²) in [4.78, 5) is 46.3. The quantitative estimate of drug-likeness (QED) is 0.440. The van der Waals surface area contributed by atoms with E-state index in [0.717, 1.165) is 11.8 Å². The molecule has 0 saturated carbocycles. The highest BCUT2D eigenvalue weighted by atomic mass is 35.5. The minimum atomic E-state index is -3.98. The van der Waals surface area contributed by atoms with Crippen LogP contribution in [0, 0.1) is 0 Å². The molecule has 1 aromatic heterocycles. The number of hydrogen-bond acceptors (Lipinski definition) is 6. The lowest BCUT2D eigenvalue weighted by Gasteiger charge is -2.36. The predicted octanol–water partition coefficient (Wildman–Crippen LogP) is 2.58. The van der Waals surface area contributed by atoms with Crippen molar-refractivity contribution < 1.29 is 22.8 Å². The SMILES string of the molecule is CC(C(=O)N1CCCC(NC(=O)c2ccccn2)C1)N1CCC(NS(=O)(=O)c2ccc3cc(Cl)ccc3c2)C1=O. The predicted molar refractivity (Wildman–Crippen MR) is 150 cm³/mol. The molecule has 0 spiro atoms. The van der Waals surface area contributed by atoms with E-state index < -0.39 is 28.0 Å². The van der Waals surface area contributed by atoms with Crippen LogP contribution in [0.5, 0.6) is 0 Å². The summed E-state index contributed by atoms with van der Waals surface area (Å²) in [5, 5.41) is 5.01. The van der Waals surface area contributed by atoms with Crippen LogP contribution in [0.4, 0.5) is 0 Å². The fraction of sp³-hybridized carbons (Fsp3) is 0.357. The lowest BCUT2D eigenvalue weighted by atomic mass is 10.0. The average Bonchev–Trinajstić information content (AvgIpc) is 3.31. The Morgan fingerprint density at radius 2 is 1.82 bits per heavy atom. The fourth-order valence-electron chi connectivity index (χ4n) is 5.26. The number of amides is 3. The number of sulfonamides is 1. The van der Waals surface area contributed by atoms with E-state index in [4.69, 9.17) is 11.6 Å². The van der Waals surface area contributed by atoms with Gasteiger partial charge < -0.3 is 15.1 Å². The first-order valence-corrected chi connectivity index (χ1v) is 15.0. The molecular weight excluding hydrogens is 554 g/mol. The molecule has 2 aliphatic rings. The standard InChI is InChI=1S/C28H30ClN5O5S/c1-18(27(36)33-13-4-5-22(17-33)31-26(35)24-6-2-3-12-30-24)34-14-11-25(28(34)37)32-40(38,39)23-10-8-19-15-21(29)9-7-20(19)16-23/h2-3,6-10,12,15-16,18,22,25,32H,4-5,11,13-14,17H2,1H3,(H,31,35). The Kier molecular flexibility index (Phi) is 8.07. The van der Waals surface area contributed by atoms with Crippen LogP contribution < -0.4 is 10.0 Å². The number of carbonyl (C=O) groups is 3. The average molecular weight is 584 g/mol. The van der Waals surface area contributed by atoms with E-state index in [0.29, 0.717) is 35.6 Å². The molecular formula is C28H30ClN5O5S. The number of rotatable bonds is 7. The Morgan fingerprint density at radius 1 is 1.05 bits per heavy atom. The van der Waals surface area contributed by atoms with E-state index in [-0.39, 0.29) is 35.7 Å². The van der Waals surface area contributed by atoms with E-state index in [2.05, 4.69) is 15.0 Å². The largest absolute Gasteiger partial charge is 0.346 e. The second-order valence-electron chi connectivity index (χ2n) is 10.1. The van der Waals surface area contributed by atoms with E-state index >= 15 is 0 Å². The van der Waals surface area contributed by atoms with Crippen LogP contribution in [-0.2, 0) is 19.6 Å². The van der Waals surface area contributed by atoms with Gasteiger partial charge in [0.15, 0.2) is 0 Å².